The van der Waals surface area contributed by atoms with E-state index in [1.165, 1.54) is 5.56 Å². The van der Waals surface area contributed by atoms with Crippen molar-refractivity contribution in [2.75, 3.05) is 24.3 Å². The molecule has 0 aromatic carbocycles. The molecule has 2 atom stereocenters. The molecule has 0 unspecified atom stereocenters. The van der Waals surface area contributed by atoms with Gasteiger partial charge in [0, 0.05) is 55.9 Å². The molecule has 11 nitrogen and oxygen atoms in total. The Hall–Kier alpha value is -4.16. The highest BCUT2D eigenvalue weighted by molar-refractivity contribution is 7.92. The van der Waals surface area contributed by atoms with Gasteiger partial charge in [0.25, 0.3) is 0 Å². The average molecular weight is 654 g/mol. The summed E-state index contributed by atoms with van der Waals surface area (Å²) >= 11 is 0. The van der Waals surface area contributed by atoms with E-state index in [4.69, 9.17) is 19.1 Å². The van der Waals surface area contributed by atoms with Crippen molar-refractivity contribution in [2.24, 2.45) is 11.8 Å². The van der Waals surface area contributed by atoms with Crippen molar-refractivity contribution in [1.82, 2.24) is 29.5 Å². The van der Waals surface area contributed by atoms with Crippen LogP contribution in [-0.2, 0) is 27.4 Å². The fourth-order valence-corrected chi connectivity index (χ4v) is 9.75. The summed E-state index contributed by atoms with van der Waals surface area (Å²) in [5.74, 6) is 1.05. The molecule has 0 radical (unpaired) electrons. The van der Waals surface area contributed by atoms with E-state index in [0.29, 0.717) is 46.4 Å². The molecule has 1 aliphatic carbocycles. The van der Waals surface area contributed by atoms with Crippen LogP contribution in [0.3, 0.4) is 0 Å². The Labute approximate surface area is 274 Å². The van der Waals surface area contributed by atoms with Gasteiger partial charge in [-0.25, -0.2) is 13.4 Å². The van der Waals surface area contributed by atoms with Gasteiger partial charge in [0.2, 0.25) is 11.8 Å². The van der Waals surface area contributed by atoms with Crippen molar-refractivity contribution < 1.29 is 17.6 Å². The molecule has 47 heavy (non-hydrogen) atoms. The van der Waals surface area contributed by atoms with Gasteiger partial charge in [-0.3, -0.25) is 9.97 Å². The third-order valence-corrected chi connectivity index (χ3v) is 11.9. The first kappa shape index (κ1) is 30.2. The van der Waals surface area contributed by atoms with E-state index in [1.807, 2.05) is 41.2 Å². The number of fused-ring (bicyclic) bond motifs is 3. The molecule has 5 aromatic rings. The molecule has 1 fully saturated rings. The van der Waals surface area contributed by atoms with Crippen molar-refractivity contribution in [2.45, 2.75) is 76.2 Å². The monoisotopic (exact) mass is 653 g/mol. The first-order chi connectivity index (χ1) is 22.8. The zero-order chi connectivity index (χ0) is 32.3. The number of rotatable bonds is 8. The van der Waals surface area contributed by atoms with Gasteiger partial charge in [-0.15, -0.1) is 10.2 Å². The minimum Gasteiger partial charge on any atom is -0.421 e. The molecular weight excluding hydrogens is 614 g/mol. The smallest absolute Gasteiger partial charge is 0.250 e. The maximum absolute atomic E-state index is 14.1. The number of sulfone groups is 1. The van der Waals surface area contributed by atoms with Crippen molar-refractivity contribution >= 4 is 21.2 Å². The molecule has 0 saturated carbocycles. The van der Waals surface area contributed by atoms with Crippen LogP contribution >= 0.6 is 0 Å². The number of hydrogen-bond acceptors (Lipinski definition) is 10. The van der Waals surface area contributed by atoms with Crippen LogP contribution in [0.5, 0.6) is 0 Å². The molecule has 8 rings (SSSR count). The van der Waals surface area contributed by atoms with E-state index in [0.717, 1.165) is 62.4 Å². The molecule has 3 aliphatic rings. The Kier molecular flexibility index (Phi) is 7.59. The summed E-state index contributed by atoms with van der Waals surface area (Å²) in [7, 11) is -3.69. The quantitative estimate of drug-likeness (QED) is 0.208. The second-order valence-electron chi connectivity index (χ2n) is 13.4. The summed E-state index contributed by atoms with van der Waals surface area (Å²) in [6.45, 7) is 7.39. The minimum atomic E-state index is -3.69. The predicted octanol–water partition coefficient (Wildman–Crippen LogP) is 6.14. The van der Waals surface area contributed by atoms with Gasteiger partial charge in [-0.1, -0.05) is 19.9 Å². The number of hydrogen-bond donors (Lipinski definition) is 1. The Morgan fingerprint density at radius 1 is 1.06 bits per heavy atom. The number of imidazole rings is 1. The van der Waals surface area contributed by atoms with Crippen LogP contribution in [0.15, 0.2) is 52.2 Å². The molecule has 0 spiro atoms. The Balaban J connectivity index is 1.31. The van der Waals surface area contributed by atoms with Gasteiger partial charge in [0.1, 0.15) is 0 Å². The lowest BCUT2D eigenvalue weighted by atomic mass is 9.89. The van der Waals surface area contributed by atoms with Gasteiger partial charge in [-0.2, -0.15) is 0 Å². The lowest BCUT2D eigenvalue weighted by molar-refractivity contribution is 0.0639. The summed E-state index contributed by atoms with van der Waals surface area (Å²) in [6, 6.07) is 8.20. The maximum Gasteiger partial charge on any atom is 0.250 e. The first-order valence-corrected chi connectivity index (χ1v) is 18.3. The van der Waals surface area contributed by atoms with E-state index in [1.54, 1.807) is 6.92 Å². The summed E-state index contributed by atoms with van der Waals surface area (Å²) in [5, 5.41) is 12.3. The van der Waals surface area contributed by atoms with Crippen LogP contribution in [0.25, 0.3) is 28.4 Å². The Bertz CT molecular complexity index is 2080. The predicted molar refractivity (Wildman–Crippen MR) is 177 cm³/mol. The molecule has 244 valence electrons. The Morgan fingerprint density at radius 2 is 1.91 bits per heavy atom. The van der Waals surface area contributed by atoms with Gasteiger partial charge < -0.3 is 18.9 Å². The molecule has 0 bridgehead atoms. The molecule has 1 saturated heterocycles. The number of aryl methyl sites for hydroxylation is 3. The summed E-state index contributed by atoms with van der Waals surface area (Å²) in [4.78, 5) is 15.1. The molecule has 12 heteroatoms. The SMILES string of the molecule is Cc1nnc(-c2c(CCC3CCOCC3)nc3c(c2-c2cn4cccc(N[C@@H]5CCc6ncccc65)c4n2)S(=O)(=O)C[C@@H]3C(C)C)o1. The number of anilines is 1. The number of nitrogens with zero attached hydrogens (tertiary/aromatic N) is 6. The molecule has 5 aromatic heterocycles. The minimum absolute atomic E-state index is 0.0149. The van der Waals surface area contributed by atoms with Gasteiger partial charge >= 0.3 is 0 Å². The van der Waals surface area contributed by atoms with E-state index >= 15 is 0 Å². The molecule has 0 amide bonds. The van der Waals surface area contributed by atoms with Crippen molar-refractivity contribution in [1.29, 1.82) is 0 Å². The maximum atomic E-state index is 14.1. The van der Waals surface area contributed by atoms with E-state index < -0.39 is 9.84 Å². The van der Waals surface area contributed by atoms with Crippen LogP contribution < -0.4 is 5.32 Å². The lowest BCUT2D eigenvalue weighted by Gasteiger charge is -2.23. The fraction of sp³-hybridized carbons (Fsp3) is 0.457. The number of aromatic nitrogens is 6. The summed E-state index contributed by atoms with van der Waals surface area (Å²) < 4.78 is 41.9. The largest absolute Gasteiger partial charge is 0.421 e. The van der Waals surface area contributed by atoms with E-state index in [-0.39, 0.29) is 34.4 Å². The Morgan fingerprint density at radius 3 is 2.70 bits per heavy atom. The third kappa shape index (κ3) is 5.41. The van der Waals surface area contributed by atoms with Crippen molar-refractivity contribution in [3.8, 4) is 22.7 Å². The zero-order valence-corrected chi connectivity index (χ0v) is 27.8. The van der Waals surface area contributed by atoms with Crippen LogP contribution in [0.1, 0.15) is 80.0 Å². The molecule has 2 aliphatic heterocycles. The van der Waals surface area contributed by atoms with Crippen LogP contribution in [0, 0.1) is 18.8 Å². The van der Waals surface area contributed by atoms with Crippen LogP contribution in [0.2, 0.25) is 0 Å². The highest BCUT2D eigenvalue weighted by atomic mass is 32.2. The lowest BCUT2D eigenvalue weighted by Crippen LogP contribution is -2.17. The second kappa shape index (κ2) is 11.8. The number of pyridine rings is 3. The second-order valence-corrected chi connectivity index (χ2v) is 15.4. The molecular formula is C35H39N7O4S. The summed E-state index contributed by atoms with van der Waals surface area (Å²) in [6.07, 6.45) is 11.1. The first-order valence-electron chi connectivity index (χ1n) is 16.6. The fourth-order valence-electron chi connectivity index (χ4n) is 7.54. The summed E-state index contributed by atoms with van der Waals surface area (Å²) in [5.41, 5.74) is 6.91. The molecule has 7 heterocycles. The topological polar surface area (TPSA) is 137 Å². The van der Waals surface area contributed by atoms with E-state index in [9.17, 15) is 8.42 Å². The third-order valence-electron chi connectivity index (χ3n) is 10.0. The zero-order valence-electron chi connectivity index (χ0n) is 26.9. The van der Waals surface area contributed by atoms with Crippen molar-refractivity contribution in [3.63, 3.8) is 0 Å². The standard InChI is InChI=1S/C35H39N7O4S/c1-20(2)24-19-47(43,44)33-30(31(35-41-40-21(3)46-35)27(38-32(24)33)9-8-22-12-16-45-17-13-22)29-18-42-15-5-7-28(34(42)39-29)37-26-11-10-25-23(26)6-4-14-36-25/h4-7,14-15,18,20,22,24,26,37H,8-13,16-17,19H2,1-3H3/t24-,26-/m1/s1. The van der Waals surface area contributed by atoms with E-state index in [2.05, 4.69) is 40.4 Å². The molecule has 1 N–H and O–H groups in total. The van der Waals surface area contributed by atoms with Crippen LogP contribution in [0.4, 0.5) is 5.69 Å². The van der Waals surface area contributed by atoms with Gasteiger partial charge in [0.15, 0.2) is 15.5 Å². The normalized spacial score (nSPS) is 20.6. The highest BCUT2D eigenvalue weighted by Gasteiger charge is 2.43. The average Bonchev–Trinajstić information content (AvgIpc) is 3.85. The van der Waals surface area contributed by atoms with Crippen molar-refractivity contribution in [3.05, 3.63) is 71.4 Å². The van der Waals surface area contributed by atoms with Gasteiger partial charge in [0.05, 0.1) is 45.0 Å². The number of ether oxygens (including phenoxy) is 1. The highest BCUT2D eigenvalue weighted by Crippen LogP contribution is 2.48. The van der Waals surface area contributed by atoms with Crippen LogP contribution in [-0.4, -0.2) is 56.9 Å². The van der Waals surface area contributed by atoms with Gasteiger partial charge in [-0.05, 0) is 74.1 Å². The number of nitrogens with one attached hydrogen (secondary N) is 1.